The fraction of sp³-hybridized carbons (Fsp3) is 0.400. The van der Waals surface area contributed by atoms with Gasteiger partial charge >= 0.3 is 11.9 Å². The van der Waals surface area contributed by atoms with Crippen LogP contribution in [0.1, 0.15) is 12.8 Å². The van der Waals surface area contributed by atoms with Gasteiger partial charge in [-0.05, 0) is 0 Å². The van der Waals surface area contributed by atoms with Gasteiger partial charge in [-0.15, -0.1) is 13.2 Å². The molecule has 0 amide bonds. The fourth-order valence-corrected chi connectivity index (χ4v) is 0.918. The Kier molecular flexibility index (Phi) is 13.8. The molecule has 0 unspecified atom stereocenters. The molecular weight excluding hydrogens is 216 g/mol. The molecule has 0 aliphatic heterocycles. The van der Waals surface area contributed by atoms with Gasteiger partial charge in [-0.1, -0.05) is 12.2 Å². The molecule has 0 rings (SSSR count). The molecule has 5 heteroatoms. The zero-order valence-electron chi connectivity index (χ0n) is 8.52. The van der Waals surface area contributed by atoms with E-state index in [1.807, 2.05) is 23.9 Å². The van der Waals surface area contributed by atoms with Crippen LogP contribution in [0.25, 0.3) is 0 Å². The average Bonchev–Trinajstić information content (AvgIpc) is 2.17. The van der Waals surface area contributed by atoms with Crippen molar-refractivity contribution in [1.29, 1.82) is 0 Å². The van der Waals surface area contributed by atoms with Crippen molar-refractivity contribution < 1.29 is 19.8 Å². The highest BCUT2D eigenvalue weighted by Crippen LogP contribution is 1.97. The molecule has 0 aromatic rings. The lowest BCUT2D eigenvalue weighted by molar-refractivity contribution is -0.143. The first kappa shape index (κ1) is 16.2. The van der Waals surface area contributed by atoms with E-state index in [-0.39, 0.29) is 12.8 Å². The predicted molar refractivity (Wildman–Crippen MR) is 62.2 cm³/mol. The van der Waals surface area contributed by atoms with Gasteiger partial charge in [0.25, 0.3) is 0 Å². The maximum absolute atomic E-state index is 9.64. The van der Waals surface area contributed by atoms with Gasteiger partial charge in [0.2, 0.25) is 0 Å². The minimum atomic E-state index is -1.08. The van der Waals surface area contributed by atoms with Crippen molar-refractivity contribution in [3.63, 3.8) is 0 Å². The van der Waals surface area contributed by atoms with Crippen LogP contribution in [0.5, 0.6) is 0 Å². The maximum Gasteiger partial charge on any atom is 0.303 e. The normalized spacial score (nSPS) is 8.27. The van der Waals surface area contributed by atoms with E-state index in [4.69, 9.17) is 10.2 Å². The molecule has 0 atom stereocenters. The van der Waals surface area contributed by atoms with E-state index >= 15 is 0 Å². The molecule has 86 valence electrons. The van der Waals surface area contributed by atoms with Crippen molar-refractivity contribution in [3.8, 4) is 0 Å². The fourth-order valence-electron chi connectivity index (χ4n) is 0.449. The Hall–Kier alpha value is -1.23. The molecule has 0 saturated carbocycles. The van der Waals surface area contributed by atoms with E-state index < -0.39 is 11.9 Å². The summed E-state index contributed by atoms with van der Waals surface area (Å²) < 4.78 is 0. The summed E-state index contributed by atoms with van der Waals surface area (Å²) >= 11 is 1.82. The summed E-state index contributed by atoms with van der Waals surface area (Å²) in [4.78, 5) is 19.3. The first-order valence-electron chi connectivity index (χ1n) is 4.27. The van der Waals surface area contributed by atoms with Gasteiger partial charge < -0.3 is 10.2 Å². The zero-order valence-corrected chi connectivity index (χ0v) is 9.33. The van der Waals surface area contributed by atoms with Crippen molar-refractivity contribution in [3.05, 3.63) is 25.3 Å². The van der Waals surface area contributed by atoms with Crippen molar-refractivity contribution in [2.24, 2.45) is 0 Å². The molecule has 0 aliphatic rings. The number of aliphatic carboxylic acids is 2. The van der Waals surface area contributed by atoms with Gasteiger partial charge in [-0.3, -0.25) is 9.59 Å². The van der Waals surface area contributed by atoms with Gasteiger partial charge in [-0.25, -0.2) is 0 Å². The third-order valence-electron chi connectivity index (χ3n) is 1.02. The zero-order chi connectivity index (χ0) is 12.1. The van der Waals surface area contributed by atoms with Crippen molar-refractivity contribution in [2.75, 3.05) is 11.5 Å². The third kappa shape index (κ3) is 24.5. The number of carboxylic acids is 2. The second-order valence-electron chi connectivity index (χ2n) is 2.40. The van der Waals surface area contributed by atoms with Crippen LogP contribution < -0.4 is 0 Å². The highest BCUT2D eigenvalue weighted by molar-refractivity contribution is 7.99. The minimum absolute atomic E-state index is 0.296. The lowest BCUT2D eigenvalue weighted by Gasteiger charge is -1.85. The Morgan fingerprint density at radius 2 is 1.33 bits per heavy atom. The van der Waals surface area contributed by atoms with E-state index in [1.54, 1.807) is 0 Å². The Morgan fingerprint density at radius 3 is 1.53 bits per heavy atom. The molecule has 15 heavy (non-hydrogen) atoms. The van der Waals surface area contributed by atoms with Crippen LogP contribution in [0.3, 0.4) is 0 Å². The van der Waals surface area contributed by atoms with E-state index in [9.17, 15) is 9.59 Å². The Labute approximate surface area is 93.7 Å². The lowest BCUT2D eigenvalue weighted by atomic mass is 10.3. The molecule has 0 fully saturated rings. The maximum atomic E-state index is 9.64. The van der Waals surface area contributed by atoms with Crippen molar-refractivity contribution in [1.82, 2.24) is 0 Å². The van der Waals surface area contributed by atoms with Gasteiger partial charge in [0.15, 0.2) is 0 Å². The van der Waals surface area contributed by atoms with E-state index in [0.29, 0.717) is 0 Å². The highest BCUT2D eigenvalue weighted by atomic mass is 32.2. The smallest absolute Gasteiger partial charge is 0.303 e. The largest absolute Gasteiger partial charge is 0.481 e. The molecule has 0 aliphatic carbocycles. The molecule has 4 nitrogen and oxygen atoms in total. The van der Waals surface area contributed by atoms with Crippen LogP contribution in [0, 0.1) is 0 Å². The van der Waals surface area contributed by atoms with Gasteiger partial charge in [0, 0.05) is 11.5 Å². The number of carboxylic acid groups (broad SMARTS) is 2. The first-order chi connectivity index (χ1) is 7.04. The van der Waals surface area contributed by atoms with Crippen molar-refractivity contribution in [2.45, 2.75) is 12.8 Å². The van der Waals surface area contributed by atoms with Crippen LogP contribution in [0.2, 0.25) is 0 Å². The average molecular weight is 232 g/mol. The SMILES string of the molecule is C=CCSCC=C.O=C(O)CCC(=O)O. The predicted octanol–water partition coefficient (Wildman–Crippen LogP) is 2.03. The van der Waals surface area contributed by atoms with Gasteiger partial charge in [-0.2, -0.15) is 11.8 Å². The molecular formula is C10H16O4S. The molecule has 0 saturated heterocycles. The number of hydrogen-bond acceptors (Lipinski definition) is 3. The van der Waals surface area contributed by atoms with Gasteiger partial charge in [0.1, 0.15) is 0 Å². The van der Waals surface area contributed by atoms with Crippen molar-refractivity contribution >= 4 is 23.7 Å². The topological polar surface area (TPSA) is 74.6 Å². The molecule has 0 spiro atoms. The second-order valence-corrected chi connectivity index (χ2v) is 3.48. The lowest BCUT2D eigenvalue weighted by Crippen LogP contribution is -2.00. The minimum Gasteiger partial charge on any atom is -0.481 e. The molecule has 0 aromatic heterocycles. The Balaban J connectivity index is 0. The Bertz CT molecular complexity index is 191. The summed E-state index contributed by atoms with van der Waals surface area (Å²) in [6.45, 7) is 7.15. The van der Waals surface area contributed by atoms with Crippen LogP contribution >= 0.6 is 11.8 Å². The molecule has 2 N–H and O–H groups in total. The number of thioether (sulfide) groups is 1. The number of hydrogen-bond donors (Lipinski definition) is 2. The summed E-state index contributed by atoms with van der Waals surface area (Å²) in [7, 11) is 0. The quantitative estimate of drug-likeness (QED) is 0.519. The van der Waals surface area contributed by atoms with E-state index in [1.165, 1.54) is 0 Å². The summed E-state index contributed by atoms with van der Waals surface area (Å²) in [5, 5.41) is 15.8. The van der Waals surface area contributed by atoms with Crippen LogP contribution in [-0.2, 0) is 9.59 Å². The summed E-state index contributed by atoms with van der Waals surface area (Å²) in [5.74, 6) is -0.0855. The molecule has 0 bridgehead atoms. The monoisotopic (exact) mass is 232 g/mol. The summed E-state index contributed by atoms with van der Waals surface area (Å²) in [5.41, 5.74) is 0. The molecule has 0 aromatic carbocycles. The van der Waals surface area contributed by atoms with Gasteiger partial charge in [0.05, 0.1) is 12.8 Å². The molecule has 0 heterocycles. The Morgan fingerprint density at radius 1 is 1.00 bits per heavy atom. The number of rotatable bonds is 7. The second kappa shape index (κ2) is 12.8. The van der Waals surface area contributed by atoms with E-state index in [2.05, 4.69) is 13.2 Å². The standard InChI is InChI=1S/C6H10S.C4H6O4/c1-3-5-7-6-4-2;5-3(6)1-2-4(7)8/h3-4H,1-2,5-6H2;1-2H2,(H,5,6)(H,7,8). The summed E-state index contributed by atoms with van der Waals surface area (Å²) in [6.07, 6.45) is 3.20. The van der Waals surface area contributed by atoms with Crippen LogP contribution in [0.15, 0.2) is 25.3 Å². The third-order valence-corrected chi connectivity index (χ3v) is 1.97. The highest BCUT2D eigenvalue weighted by Gasteiger charge is 2.00. The van der Waals surface area contributed by atoms with E-state index in [0.717, 1.165) is 11.5 Å². The summed E-state index contributed by atoms with van der Waals surface area (Å²) in [6, 6.07) is 0. The van der Waals surface area contributed by atoms with Crippen LogP contribution in [0.4, 0.5) is 0 Å². The molecule has 0 radical (unpaired) electrons. The first-order valence-corrected chi connectivity index (χ1v) is 5.43. The number of carbonyl (C=O) groups is 2. The van der Waals surface area contributed by atoms with Crippen LogP contribution in [-0.4, -0.2) is 33.7 Å².